The molecule has 0 unspecified atom stereocenters. The van der Waals surface area contributed by atoms with Crippen LogP contribution in [0.2, 0.25) is 0 Å². The van der Waals surface area contributed by atoms with Gasteiger partial charge in [0.1, 0.15) is 5.60 Å². The van der Waals surface area contributed by atoms with Crippen molar-refractivity contribution in [2.45, 2.75) is 26.4 Å². The van der Waals surface area contributed by atoms with Crippen LogP contribution in [0.1, 0.15) is 25.6 Å². The van der Waals surface area contributed by atoms with Crippen molar-refractivity contribution >= 4 is 23.5 Å². The summed E-state index contributed by atoms with van der Waals surface area (Å²) in [5, 5.41) is 13.6. The summed E-state index contributed by atoms with van der Waals surface area (Å²) in [6.07, 6.45) is 1.16. The highest BCUT2D eigenvalue weighted by Crippen LogP contribution is 2.13. The minimum Gasteiger partial charge on any atom is -0.444 e. The fraction of sp³-hybridized carbons (Fsp3) is 0.417. The Labute approximate surface area is 105 Å². The van der Waals surface area contributed by atoms with Crippen molar-refractivity contribution in [3.63, 3.8) is 0 Å². The number of aliphatic hydroxyl groups is 1. The molecule has 0 saturated heterocycles. The van der Waals surface area contributed by atoms with Crippen LogP contribution in [0.15, 0.2) is 23.2 Å². The maximum absolute atomic E-state index is 11.5. The van der Waals surface area contributed by atoms with Crippen molar-refractivity contribution < 1.29 is 14.6 Å². The molecule has 0 aromatic carbocycles. The zero-order chi connectivity index (χ0) is 12.9. The molecule has 0 fully saturated rings. The molecule has 0 atom stereocenters. The second-order valence-corrected chi connectivity index (χ2v) is 5.45. The van der Waals surface area contributed by atoms with Crippen molar-refractivity contribution in [1.29, 1.82) is 0 Å². The molecule has 94 valence electrons. The number of hydrogen-bond acceptors (Lipinski definition) is 4. The molecule has 0 spiro atoms. The third-order valence-electron chi connectivity index (χ3n) is 1.69. The number of thiophene rings is 1. The van der Waals surface area contributed by atoms with Crippen LogP contribution < -0.4 is 5.32 Å². The van der Waals surface area contributed by atoms with E-state index in [4.69, 9.17) is 9.84 Å². The van der Waals surface area contributed by atoms with Gasteiger partial charge in [-0.15, -0.1) is 11.3 Å². The van der Waals surface area contributed by atoms with Gasteiger partial charge >= 0.3 is 6.09 Å². The normalized spacial score (nSPS) is 12.4. The highest BCUT2D eigenvalue weighted by atomic mass is 32.1. The molecule has 1 amide bonds. The predicted molar refractivity (Wildman–Crippen MR) is 68.8 cm³/mol. The molecule has 1 heterocycles. The van der Waals surface area contributed by atoms with E-state index in [9.17, 15) is 4.79 Å². The number of carbonyl (C=O) groups is 1. The van der Waals surface area contributed by atoms with Crippen LogP contribution in [0.3, 0.4) is 0 Å². The van der Waals surface area contributed by atoms with Crippen LogP contribution >= 0.6 is 11.3 Å². The fourth-order valence-electron chi connectivity index (χ4n) is 1.10. The predicted octanol–water partition coefficient (Wildman–Crippen LogP) is 2.61. The largest absolute Gasteiger partial charge is 0.444 e. The average molecular weight is 255 g/mol. The Hall–Kier alpha value is -1.33. The third-order valence-corrected chi connectivity index (χ3v) is 2.51. The van der Waals surface area contributed by atoms with Gasteiger partial charge in [0.25, 0.3) is 0 Å². The summed E-state index contributed by atoms with van der Waals surface area (Å²) in [5.74, 6) is 0. The summed E-state index contributed by atoms with van der Waals surface area (Å²) in [6.45, 7) is 5.12. The summed E-state index contributed by atoms with van der Waals surface area (Å²) in [6, 6.07) is 3.80. The summed E-state index contributed by atoms with van der Waals surface area (Å²) in [4.78, 5) is 12.4. The van der Waals surface area contributed by atoms with Crippen LogP contribution in [0.25, 0.3) is 6.08 Å². The van der Waals surface area contributed by atoms with Crippen molar-refractivity contribution in [2.75, 3.05) is 6.61 Å². The molecule has 0 aliphatic heterocycles. The summed E-state index contributed by atoms with van der Waals surface area (Å²) in [5.41, 5.74) is -0.130. The Bertz CT molecular complexity index is 390. The highest BCUT2D eigenvalue weighted by molar-refractivity contribution is 7.10. The molecule has 0 saturated carbocycles. The lowest BCUT2D eigenvalue weighted by Gasteiger charge is -2.20. The van der Waals surface area contributed by atoms with Gasteiger partial charge in [0.15, 0.2) is 0 Å². The van der Waals surface area contributed by atoms with E-state index < -0.39 is 11.7 Å². The highest BCUT2D eigenvalue weighted by Gasteiger charge is 2.16. The second kappa shape index (κ2) is 5.84. The molecule has 2 N–H and O–H groups in total. The topological polar surface area (TPSA) is 58.6 Å². The first-order valence-electron chi connectivity index (χ1n) is 5.25. The maximum atomic E-state index is 11.5. The van der Waals surface area contributed by atoms with Crippen molar-refractivity contribution in [3.05, 3.63) is 28.1 Å². The van der Waals surface area contributed by atoms with E-state index in [0.29, 0.717) is 5.70 Å². The van der Waals surface area contributed by atoms with E-state index in [0.717, 1.165) is 4.88 Å². The molecule has 0 radical (unpaired) electrons. The number of hydrogen-bond donors (Lipinski definition) is 2. The quantitative estimate of drug-likeness (QED) is 0.872. The number of amides is 1. The summed E-state index contributed by atoms with van der Waals surface area (Å²) >= 11 is 1.53. The Morgan fingerprint density at radius 2 is 2.29 bits per heavy atom. The lowest BCUT2D eigenvalue weighted by atomic mass is 10.2. The Balaban J connectivity index is 2.62. The molecular formula is C12H17NO3S. The Morgan fingerprint density at radius 3 is 2.76 bits per heavy atom. The van der Waals surface area contributed by atoms with Crippen LogP contribution in [0, 0.1) is 0 Å². The molecule has 17 heavy (non-hydrogen) atoms. The third kappa shape index (κ3) is 5.51. The van der Waals surface area contributed by atoms with Crippen LogP contribution in [-0.4, -0.2) is 23.4 Å². The van der Waals surface area contributed by atoms with Crippen LogP contribution in [0.5, 0.6) is 0 Å². The number of nitrogens with one attached hydrogen (secondary N) is 1. The van der Waals surface area contributed by atoms with Crippen molar-refractivity contribution in [3.8, 4) is 0 Å². The number of rotatable bonds is 3. The molecule has 1 rings (SSSR count). The van der Waals surface area contributed by atoms with E-state index in [1.54, 1.807) is 26.8 Å². The minimum atomic E-state index is -0.561. The Kier molecular flexibility index (Phi) is 4.72. The number of alkyl carbamates (subject to hydrolysis) is 1. The van der Waals surface area contributed by atoms with Crippen molar-refractivity contribution in [2.24, 2.45) is 0 Å². The lowest BCUT2D eigenvalue weighted by Crippen LogP contribution is -2.32. The fourth-order valence-corrected chi connectivity index (χ4v) is 1.78. The lowest BCUT2D eigenvalue weighted by molar-refractivity contribution is 0.0539. The van der Waals surface area contributed by atoms with Crippen LogP contribution in [0.4, 0.5) is 4.79 Å². The zero-order valence-corrected chi connectivity index (χ0v) is 11.0. The summed E-state index contributed by atoms with van der Waals surface area (Å²) in [7, 11) is 0. The number of ether oxygens (including phenoxy) is 1. The van der Waals surface area contributed by atoms with Gasteiger partial charge in [0, 0.05) is 10.6 Å². The molecule has 4 nitrogen and oxygen atoms in total. The molecule has 0 aliphatic rings. The van der Waals surface area contributed by atoms with Gasteiger partial charge in [-0.25, -0.2) is 4.79 Å². The van der Waals surface area contributed by atoms with E-state index in [1.807, 2.05) is 17.5 Å². The van der Waals surface area contributed by atoms with E-state index >= 15 is 0 Å². The molecule has 1 aromatic rings. The standard InChI is InChI=1S/C12H17NO3S/c1-12(2,3)16-11(15)13-9(8-14)7-10-5-4-6-17-10/h4-7,14H,8H2,1-3H3,(H,13,15)/b9-7+. The zero-order valence-electron chi connectivity index (χ0n) is 10.2. The first-order valence-corrected chi connectivity index (χ1v) is 6.13. The average Bonchev–Trinajstić information content (AvgIpc) is 2.66. The molecule has 1 aromatic heterocycles. The van der Waals surface area contributed by atoms with Gasteiger partial charge in [0.2, 0.25) is 0 Å². The van der Waals surface area contributed by atoms with Gasteiger partial charge in [-0.05, 0) is 38.3 Å². The van der Waals surface area contributed by atoms with Gasteiger partial charge in [0.05, 0.1) is 6.61 Å². The number of aliphatic hydroxyl groups excluding tert-OH is 1. The number of carbonyl (C=O) groups excluding carboxylic acids is 1. The van der Waals surface area contributed by atoms with E-state index in [2.05, 4.69) is 5.32 Å². The van der Waals surface area contributed by atoms with E-state index in [1.165, 1.54) is 11.3 Å². The minimum absolute atomic E-state index is 0.239. The van der Waals surface area contributed by atoms with Gasteiger partial charge in [-0.2, -0.15) is 0 Å². The molecule has 5 heteroatoms. The molecule has 0 bridgehead atoms. The van der Waals surface area contributed by atoms with Crippen LogP contribution in [-0.2, 0) is 4.74 Å². The van der Waals surface area contributed by atoms with Gasteiger partial charge in [-0.1, -0.05) is 6.07 Å². The smallest absolute Gasteiger partial charge is 0.411 e. The monoisotopic (exact) mass is 255 g/mol. The first-order chi connectivity index (χ1) is 7.90. The van der Waals surface area contributed by atoms with E-state index in [-0.39, 0.29) is 6.61 Å². The maximum Gasteiger partial charge on any atom is 0.411 e. The van der Waals surface area contributed by atoms with Crippen molar-refractivity contribution in [1.82, 2.24) is 5.32 Å². The first kappa shape index (κ1) is 13.7. The van der Waals surface area contributed by atoms with Gasteiger partial charge < -0.3 is 9.84 Å². The SMILES string of the molecule is CC(C)(C)OC(=O)N/C(=C/c1cccs1)CO. The van der Waals surface area contributed by atoms with Gasteiger partial charge in [-0.3, -0.25) is 5.32 Å². The molecule has 0 aliphatic carbocycles. The Morgan fingerprint density at radius 1 is 1.59 bits per heavy atom. The summed E-state index contributed by atoms with van der Waals surface area (Å²) < 4.78 is 5.09. The molecular weight excluding hydrogens is 238 g/mol. The second-order valence-electron chi connectivity index (χ2n) is 4.47.